The van der Waals surface area contributed by atoms with E-state index in [0.717, 1.165) is 0 Å². The number of carbonyl (C=O) groups excluding carboxylic acids is 1. The zero-order valence-electron chi connectivity index (χ0n) is 12.8. The highest BCUT2D eigenvalue weighted by Gasteiger charge is 2.33. The number of piperidine rings is 1. The monoisotopic (exact) mass is 300 g/mol. The first-order valence-electron chi connectivity index (χ1n) is 6.93. The van der Waals surface area contributed by atoms with Gasteiger partial charge in [-0.2, -0.15) is 0 Å². The molecule has 7 heteroatoms. The summed E-state index contributed by atoms with van der Waals surface area (Å²) in [5.41, 5.74) is -0.580. The van der Waals surface area contributed by atoms with E-state index < -0.39 is 23.9 Å². The molecule has 1 fully saturated rings. The smallest absolute Gasteiger partial charge is 0.407 e. The quantitative estimate of drug-likeness (QED) is 0.773. The van der Waals surface area contributed by atoms with Crippen LogP contribution in [0.25, 0.3) is 0 Å². The highest BCUT2D eigenvalue weighted by atomic mass is 16.6. The second-order valence-corrected chi connectivity index (χ2v) is 5.93. The first-order chi connectivity index (χ1) is 9.73. The molecule has 1 aliphatic rings. The molecule has 0 aromatic rings. The molecule has 1 saturated heterocycles. The molecule has 1 rings (SSSR count). The molecule has 0 saturated carbocycles. The Morgan fingerprint density at radius 3 is 2.67 bits per heavy atom. The molecule has 2 amide bonds. The molecule has 0 radical (unpaired) electrons. The molecule has 2 N–H and O–H groups in total. The topological polar surface area (TPSA) is 88.1 Å². The van der Waals surface area contributed by atoms with Gasteiger partial charge in [-0.1, -0.05) is 6.08 Å². The zero-order chi connectivity index (χ0) is 16.0. The third kappa shape index (κ3) is 6.03. The Bertz CT molecular complexity index is 391. The number of hydrogen-bond donors (Lipinski definition) is 2. The van der Waals surface area contributed by atoms with E-state index in [1.165, 1.54) is 4.90 Å². The van der Waals surface area contributed by atoms with Crippen molar-refractivity contribution in [2.75, 3.05) is 19.7 Å². The van der Waals surface area contributed by atoms with Crippen molar-refractivity contribution in [3.05, 3.63) is 12.7 Å². The average Bonchev–Trinajstić information content (AvgIpc) is 2.34. The van der Waals surface area contributed by atoms with Crippen molar-refractivity contribution in [2.45, 2.75) is 44.9 Å². The van der Waals surface area contributed by atoms with Gasteiger partial charge >= 0.3 is 12.2 Å². The standard InChI is InChI=1S/C14H24N2O5/c1-5-8-20-11-9-16(13(18)19)7-6-10(11)15-12(17)21-14(2,3)4/h5,10-11H,1,6-9H2,2-4H3,(H,15,17)(H,18,19)/t10-,11+/m1/s1. The van der Waals surface area contributed by atoms with Crippen LogP contribution in [-0.2, 0) is 9.47 Å². The second-order valence-electron chi connectivity index (χ2n) is 5.93. The minimum absolute atomic E-state index is 0.212. The fourth-order valence-electron chi connectivity index (χ4n) is 2.07. The molecule has 1 heterocycles. The predicted molar refractivity (Wildman–Crippen MR) is 77.3 cm³/mol. The van der Waals surface area contributed by atoms with E-state index in [1.807, 2.05) is 0 Å². The second kappa shape index (κ2) is 7.31. The largest absolute Gasteiger partial charge is 0.465 e. The number of ether oxygens (including phenoxy) is 2. The number of carbonyl (C=O) groups is 2. The van der Waals surface area contributed by atoms with Crippen LogP contribution >= 0.6 is 0 Å². The van der Waals surface area contributed by atoms with E-state index in [1.54, 1.807) is 26.8 Å². The molecule has 2 atom stereocenters. The first kappa shape index (κ1) is 17.3. The molecular formula is C14H24N2O5. The molecule has 0 spiro atoms. The van der Waals surface area contributed by atoms with Gasteiger partial charge < -0.3 is 24.8 Å². The Labute approximate surface area is 124 Å². The van der Waals surface area contributed by atoms with Gasteiger partial charge in [-0.05, 0) is 27.2 Å². The number of nitrogens with one attached hydrogen (secondary N) is 1. The Balaban J connectivity index is 2.63. The lowest BCUT2D eigenvalue weighted by molar-refractivity contribution is -0.0113. The predicted octanol–water partition coefficient (Wildman–Crippen LogP) is 1.83. The van der Waals surface area contributed by atoms with Crippen molar-refractivity contribution in [3.8, 4) is 0 Å². The summed E-state index contributed by atoms with van der Waals surface area (Å²) in [4.78, 5) is 24.1. The average molecular weight is 300 g/mol. The van der Waals surface area contributed by atoms with Gasteiger partial charge in [-0.3, -0.25) is 0 Å². The van der Waals surface area contributed by atoms with Crippen molar-refractivity contribution in [3.63, 3.8) is 0 Å². The van der Waals surface area contributed by atoms with E-state index in [4.69, 9.17) is 14.6 Å². The van der Waals surface area contributed by atoms with Crippen LogP contribution in [0.4, 0.5) is 9.59 Å². The number of rotatable bonds is 4. The van der Waals surface area contributed by atoms with E-state index in [0.29, 0.717) is 19.6 Å². The number of hydrogen-bond acceptors (Lipinski definition) is 4. The molecule has 0 aromatic carbocycles. The minimum atomic E-state index is -0.988. The number of carboxylic acid groups (broad SMARTS) is 1. The van der Waals surface area contributed by atoms with Crippen molar-refractivity contribution in [1.29, 1.82) is 0 Å². The van der Waals surface area contributed by atoms with E-state index >= 15 is 0 Å². The first-order valence-corrected chi connectivity index (χ1v) is 6.93. The Morgan fingerprint density at radius 2 is 2.14 bits per heavy atom. The summed E-state index contributed by atoms with van der Waals surface area (Å²) >= 11 is 0. The van der Waals surface area contributed by atoms with Crippen LogP contribution in [0.5, 0.6) is 0 Å². The van der Waals surface area contributed by atoms with Crippen LogP contribution in [0.15, 0.2) is 12.7 Å². The number of likely N-dealkylation sites (tertiary alicyclic amines) is 1. The lowest BCUT2D eigenvalue weighted by atomic mass is 10.0. The van der Waals surface area contributed by atoms with E-state index in [2.05, 4.69) is 11.9 Å². The molecule has 0 bridgehead atoms. The summed E-state index contributed by atoms with van der Waals surface area (Å²) in [5, 5.41) is 11.8. The molecule has 0 unspecified atom stereocenters. The number of amides is 2. The molecule has 21 heavy (non-hydrogen) atoms. The Morgan fingerprint density at radius 1 is 1.48 bits per heavy atom. The van der Waals surface area contributed by atoms with E-state index in [9.17, 15) is 9.59 Å². The summed E-state index contributed by atoms with van der Waals surface area (Å²) in [6.45, 7) is 9.77. The molecule has 0 aromatic heterocycles. The van der Waals surface area contributed by atoms with Crippen molar-refractivity contribution >= 4 is 12.2 Å². The van der Waals surface area contributed by atoms with Crippen LogP contribution in [0.3, 0.4) is 0 Å². The van der Waals surface area contributed by atoms with Crippen LogP contribution in [0, 0.1) is 0 Å². The van der Waals surface area contributed by atoms with Gasteiger partial charge in [0.2, 0.25) is 0 Å². The van der Waals surface area contributed by atoms with Crippen LogP contribution in [-0.4, -0.2) is 59.6 Å². The zero-order valence-corrected chi connectivity index (χ0v) is 12.8. The maximum absolute atomic E-state index is 11.8. The maximum Gasteiger partial charge on any atom is 0.407 e. The number of nitrogens with zero attached hydrogens (tertiary/aromatic N) is 1. The summed E-state index contributed by atoms with van der Waals surface area (Å²) in [6, 6.07) is -0.282. The molecule has 0 aliphatic carbocycles. The third-order valence-electron chi connectivity index (χ3n) is 2.96. The van der Waals surface area contributed by atoms with Crippen LogP contribution < -0.4 is 5.32 Å². The van der Waals surface area contributed by atoms with E-state index in [-0.39, 0.29) is 12.6 Å². The summed E-state index contributed by atoms with van der Waals surface area (Å²) in [6.07, 6.45) is 0.138. The van der Waals surface area contributed by atoms with Gasteiger partial charge in [0.15, 0.2) is 0 Å². The summed E-state index contributed by atoms with van der Waals surface area (Å²) in [7, 11) is 0. The normalized spacial score (nSPS) is 22.5. The van der Waals surface area contributed by atoms with Gasteiger partial charge in [-0.25, -0.2) is 9.59 Å². The molecule has 7 nitrogen and oxygen atoms in total. The van der Waals surface area contributed by atoms with Gasteiger partial charge in [0.25, 0.3) is 0 Å². The van der Waals surface area contributed by atoms with Crippen molar-refractivity contribution in [2.24, 2.45) is 0 Å². The van der Waals surface area contributed by atoms with Gasteiger partial charge in [0.05, 0.1) is 25.3 Å². The van der Waals surface area contributed by atoms with Crippen molar-refractivity contribution in [1.82, 2.24) is 10.2 Å². The molecule has 1 aliphatic heterocycles. The summed E-state index contributed by atoms with van der Waals surface area (Å²) in [5.74, 6) is 0. The molecular weight excluding hydrogens is 276 g/mol. The molecule has 120 valence electrons. The highest BCUT2D eigenvalue weighted by molar-refractivity contribution is 5.68. The van der Waals surface area contributed by atoms with Crippen LogP contribution in [0.1, 0.15) is 27.2 Å². The Kier molecular flexibility index (Phi) is 6.02. The van der Waals surface area contributed by atoms with Gasteiger partial charge in [0.1, 0.15) is 5.60 Å². The number of alkyl carbamates (subject to hydrolysis) is 1. The third-order valence-corrected chi connectivity index (χ3v) is 2.96. The van der Waals surface area contributed by atoms with Crippen LogP contribution in [0.2, 0.25) is 0 Å². The minimum Gasteiger partial charge on any atom is -0.465 e. The SMILES string of the molecule is C=CCO[C@H]1CN(C(=O)O)CC[C@H]1NC(=O)OC(C)(C)C. The lowest BCUT2D eigenvalue weighted by Crippen LogP contribution is -2.56. The van der Waals surface area contributed by atoms with Gasteiger partial charge in [0, 0.05) is 6.54 Å². The maximum atomic E-state index is 11.8. The highest BCUT2D eigenvalue weighted by Crippen LogP contribution is 2.16. The fraction of sp³-hybridized carbons (Fsp3) is 0.714. The Hall–Kier alpha value is -1.76. The summed E-state index contributed by atoms with van der Waals surface area (Å²) < 4.78 is 10.8. The van der Waals surface area contributed by atoms with Gasteiger partial charge in [-0.15, -0.1) is 6.58 Å². The fourth-order valence-corrected chi connectivity index (χ4v) is 2.07. The van der Waals surface area contributed by atoms with Crippen molar-refractivity contribution < 1.29 is 24.2 Å². The lowest BCUT2D eigenvalue weighted by Gasteiger charge is -2.37.